The third kappa shape index (κ3) is 2.31. The van der Waals surface area contributed by atoms with Gasteiger partial charge in [0, 0.05) is 5.02 Å². The van der Waals surface area contributed by atoms with Gasteiger partial charge in [-0.05, 0) is 24.1 Å². The zero-order chi connectivity index (χ0) is 15.1. The first-order chi connectivity index (χ1) is 10.0. The predicted octanol–water partition coefficient (Wildman–Crippen LogP) is 2.27. The van der Waals surface area contributed by atoms with E-state index < -0.39 is 0 Å². The lowest BCUT2D eigenvalue weighted by Gasteiger charge is -2.30. The van der Waals surface area contributed by atoms with E-state index in [9.17, 15) is 9.59 Å². The molecular formula is C15H16ClN3O2. The Hall–Kier alpha value is -1.88. The summed E-state index contributed by atoms with van der Waals surface area (Å²) in [6, 6.07) is 4.82. The summed E-state index contributed by atoms with van der Waals surface area (Å²) in [7, 11) is 0. The minimum Gasteiger partial charge on any atom is -0.344 e. The SMILES string of the molecule is CC[C@H](C)C1NC(=O)Cn2c1nc1ccc(Cl)cc1c2=O. The second-order valence-corrected chi connectivity index (χ2v) is 5.89. The average Bonchev–Trinajstić information content (AvgIpc) is 2.47. The maximum absolute atomic E-state index is 12.6. The number of halogens is 1. The summed E-state index contributed by atoms with van der Waals surface area (Å²) < 4.78 is 1.47. The summed E-state index contributed by atoms with van der Waals surface area (Å²) in [5.41, 5.74) is 0.403. The maximum atomic E-state index is 12.6. The molecule has 0 fully saturated rings. The number of carbonyl (C=O) groups excluding carboxylic acids is 1. The molecule has 1 aromatic carbocycles. The van der Waals surface area contributed by atoms with Crippen LogP contribution in [0.1, 0.15) is 32.1 Å². The van der Waals surface area contributed by atoms with Gasteiger partial charge in [-0.1, -0.05) is 31.9 Å². The number of fused-ring (bicyclic) bond motifs is 2. The molecule has 21 heavy (non-hydrogen) atoms. The first kappa shape index (κ1) is 14.1. The van der Waals surface area contributed by atoms with Gasteiger partial charge in [0.2, 0.25) is 5.91 Å². The number of nitrogens with zero attached hydrogens (tertiary/aromatic N) is 2. The molecule has 2 heterocycles. The molecule has 0 aliphatic carbocycles. The van der Waals surface area contributed by atoms with Crippen LogP contribution in [0.25, 0.3) is 10.9 Å². The monoisotopic (exact) mass is 305 g/mol. The highest BCUT2D eigenvalue weighted by atomic mass is 35.5. The number of hydrogen-bond donors (Lipinski definition) is 1. The number of carbonyl (C=O) groups is 1. The van der Waals surface area contributed by atoms with Crippen LogP contribution in [-0.4, -0.2) is 15.5 Å². The van der Waals surface area contributed by atoms with E-state index in [0.717, 1.165) is 6.42 Å². The van der Waals surface area contributed by atoms with Crippen molar-refractivity contribution < 1.29 is 4.79 Å². The molecule has 110 valence electrons. The zero-order valence-corrected chi connectivity index (χ0v) is 12.6. The largest absolute Gasteiger partial charge is 0.344 e. The van der Waals surface area contributed by atoms with Gasteiger partial charge in [0.15, 0.2) is 0 Å². The molecule has 6 heteroatoms. The fraction of sp³-hybridized carbons (Fsp3) is 0.400. The van der Waals surface area contributed by atoms with Crippen LogP contribution >= 0.6 is 11.6 Å². The van der Waals surface area contributed by atoms with E-state index in [2.05, 4.69) is 17.2 Å². The van der Waals surface area contributed by atoms with E-state index in [0.29, 0.717) is 21.7 Å². The Morgan fingerprint density at radius 3 is 2.95 bits per heavy atom. The molecule has 0 saturated heterocycles. The van der Waals surface area contributed by atoms with E-state index in [1.54, 1.807) is 18.2 Å². The van der Waals surface area contributed by atoms with Crippen molar-refractivity contribution in [1.82, 2.24) is 14.9 Å². The Bertz CT molecular complexity index is 784. The number of rotatable bonds is 2. The normalized spacial score (nSPS) is 19.2. The lowest BCUT2D eigenvalue weighted by Crippen LogP contribution is -2.46. The topological polar surface area (TPSA) is 64.0 Å². The molecular weight excluding hydrogens is 290 g/mol. The standard InChI is InChI=1S/C15H16ClN3O2/c1-3-8(2)13-14-17-11-5-4-9(16)6-10(11)15(21)19(14)7-12(20)18-13/h4-6,8,13H,3,7H2,1-2H3,(H,18,20)/t8-,13?/m0/s1. The van der Waals surface area contributed by atoms with Gasteiger partial charge in [-0.25, -0.2) is 4.98 Å². The first-order valence-electron chi connectivity index (χ1n) is 7.00. The van der Waals surface area contributed by atoms with Crippen molar-refractivity contribution in [2.24, 2.45) is 5.92 Å². The molecule has 0 bridgehead atoms. The van der Waals surface area contributed by atoms with E-state index in [1.807, 2.05) is 6.92 Å². The van der Waals surface area contributed by atoms with Gasteiger partial charge in [0.1, 0.15) is 12.4 Å². The smallest absolute Gasteiger partial charge is 0.261 e. The highest BCUT2D eigenvalue weighted by molar-refractivity contribution is 6.31. The molecule has 1 unspecified atom stereocenters. The molecule has 2 aromatic rings. The number of aromatic nitrogens is 2. The van der Waals surface area contributed by atoms with Crippen LogP contribution in [0.2, 0.25) is 5.02 Å². The zero-order valence-electron chi connectivity index (χ0n) is 11.9. The van der Waals surface area contributed by atoms with Crippen molar-refractivity contribution in [3.63, 3.8) is 0 Å². The fourth-order valence-corrected chi connectivity index (χ4v) is 2.83. The molecule has 5 nitrogen and oxygen atoms in total. The number of amides is 1. The Morgan fingerprint density at radius 2 is 2.24 bits per heavy atom. The quantitative estimate of drug-likeness (QED) is 0.925. The lowest BCUT2D eigenvalue weighted by molar-refractivity contribution is -0.124. The summed E-state index contributed by atoms with van der Waals surface area (Å²) in [4.78, 5) is 29.1. The highest BCUT2D eigenvalue weighted by Crippen LogP contribution is 2.26. The van der Waals surface area contributed by atoms with Gasteiger partial charge in [0.25, 0.3) is 5.56 Å². The molecule has 1 aliphatic heterocycles. The average molecular weight is 306 g/mol. The van der Waals surface area contributed by atoms with Crippen LogP contribution in [-0.2, 0) is 11.3 Å². The molecule has 1 aliphatic rings. The Balaban J connectivity index is 2.29. The molecule has 0 radical (unpaired) electrons. The van der Waals surface area contributed by atoms with Gasteiger partial charge < -0.3 is 5.32 Å². The van der Waals surface area contributed by atoms with E-state index in [4.69, 9.17) is 11.6 Å². The van der Waals surface area contributed by atoms with Crippen molar-refractivity contribution in [2.75, 3.05) is 0 Å². The maximum Gasteiger partial charge on any atom is 0.261 e. The van der Waals surface area contributed by atoms with Crippen LogP contribution in [0.4, 0.5) is 0 Å². The molecule has 0 saturated carbocycles. The van der Waals surface area contributed by atoms with Crippen molar-refractivity contribution >= 4 is 28.4 Å². The third-order valence-corrected chi connectivity index (χ3v) is 4.29. The van der Waals surface area contributed by atoms with Crippen molar-refractivity contribution in [3.8, 4) is 0 Å². The van der Waals surface area contributed by atoms with Gasteiger partial charge in [-0.3, -0.25) is 14.2 Å². The van der Waals surface area contributed by atoms with Gasteiger partial charge in [0.05, 0.1) is 16.9 Å². The van der Waals surface area contributed by atoms with Gasteiger partial charge in [-0.2, -0.15) is 0 Å². The minimum atomic E-state index is -0.232. The molecule has 0 spiro atoms. The fourth-order valence-electron chi connectivity index (χ4n) is 2.66. The molecule has 3 rings (SSSR count). The number of benzene rings is 1. The molecule has 1 N–H and O–H groups in total. The van der Waals surface area contributed by atoms with Gasteiger partial charge in [-0.15, -0.1) is 0 Å². The lowest BCUT2D eigenvalue weighted by atomic mass is 9.96. The van der Waals surface area contributed by atoms with E-state index >= 15 is 0 Å². The molecule has 1 aromatic heterocycles. The Morgan fingerprint density at radius 1 is 1.48 bits per heavy atom. The third-order valence-electron chi connectivity index (χ3n) is 4.06. The van der Waals surface area contributed by atoms with Crippen LogP contribution in [0.15, 0.2) is 23.0 Å². The summed E-state index contributed by atoms with van der Waals surface area (Å²) in [6.07, 6.45) is 0.888. The first-order valence-corrected chi connectivity index (χ1v) is 7.38. The summed E-state index contributed by atoms with van der Waals surface area (Å²) in [5.74, 6) is 0.680. The van der Waals surface area contributed by atoms with Crippen LogP contribution in [0.3, 0.4) is 0 Å². The second kappa shape index (κ2) is 5.15. The summed E-state index contributed by atoms with van der Waals surface area (Å²) in [6.45, 7) is 4.10. The highest BCUT2D eigenvalue weighted by Gasteiger charge is 2.30. The summed E-state index contributed by atoms with van der Waals surface area (Å²) >= 11 is 5.95. The minimum absolute atomic E-state index is 0.0105. The van der Waals surface area contributed by atoms with Crippen molar-refractivity contribution in [3.05, 3.63) is 39.4 Å². The van der Waals surface area contributed by atoms with Crippen LogP contribution in [0, 0.1) is 5.92 Å². The second-order valence-electron chi connectivity index (χ2n) is 5.45. The molecule has 2 atom stereocenters. The number of hydrogen-bond acceptors (Lipinski definition) is 3. The Kier molecular flexibility index (Phi) is 3.45. The van der Waals surface area contributed by atoms with Crippen LogP contribution < -0.4 is 10.9 Å². The number of nitrogens with one attached hydrogen (secondary N) is 1. The van der Waals surface area contributed by atoms with Gasteiger partial charge >= 0.3 is 0 Å². The predicted molar refractivity (Wildman–Crippen MR) is 81.4 cm³/mol. The van der Waals surface area contributed by atoms with Crippen molar-refractivity contribution in [2.45, 2.75) is 32.9 Å². The van der Waals surface area contributed by atoms with Crippen molar-refractivity contribution in [1.29, 1.82) is 0 Å². The van der Waals surface area contributed by atoms with E-state index in [-0.39, 0.29) is 30.0 Å². The molecule has 1 amide bonds. The van der Waals surface area contributed by atoms with Crippen LogP contribution in [0.5, 0.6) is 0 Å². The van der Waals surface area contributed by atoms with E-state index in [1.165, 1.54) is 4.57 Å². The summed E-state index contributed by atoms with van der Waals surface area (Å²) in [5, 5.41) is 3.87. The Labute approximate surface area is 126 Å².